The van der Waals surface area contributed by atoms with Crippen LogP contribution in [0.3, 0.4) is 0 Å². The van der Waals surface area contributed by atoms with Crippen LogP contribution in [-0.4, -0.2) is 26.6 Å². The fourth-order valence-electron chi connectivity index (χ4n) is 0.351. The molecule has 5 nitrogen and oxygen atoms in total. The first-order valence-electron chi connectivity index (χ1n) is 3.40. The molecule has 0 heterocycles. The van der Waals surface area contributed by atoms with Gasteiger partial charge in [-0.3, -0.25) is 0 Å². The summed E-state index contributed by atoms with van der Waals surface area (Å²) in [6, 6.07) is 0. The minimum absolute atomic E-state index is 0.0744. The van der Waals surface area contributed by atoms with E-state index in [1.165, 1.54) is 6.92 Å². The largest absolute Gasteiger partial charge is 0.508 e. The van der Waals surface area contributed by atoms with Crippen LogP contribution in [0.2, 0.25) is 0 Å². The third-order valence-electron chi connectivity index (χ3n) is 1.06. The molecule has 0 unspecified atom stereocenters. The van der Waals surface area contributed by atoms with Crippen LogP contribution >= 0.6 is 0 Å². The number of halogens is 3. The smallest absolute Gasteiger partial charge is 0.480 e. The first-order chi connectivity index (χ1) is 6.58. The number of hydrogen-bond donors (Lipinski definition) is 0. The van der Waals surface area contributed by atoms with Crippen LogP contribution in [0.15, 0.2) is 12.2 Å². The number of rotatable bonds is 4. The minimum atomic E-state index is -5.60. The molecule has 0 bridgehead atoms. The summed E-state index contributed by atoms with van der Waals surface area (Å²) in [5.74, 6) is -1.02. The molecular weight excluding hydrogens is 239 g/mol. The van der Waals surface area contributed by atoms with E-state index in [4.69, 9.17) is 0 Å². The molecule has 0 amide bonds. The van der Waals surface area contributed by atoms with Crippen molar-refractivity contribution in [3.63, 3.8) is 0 Å². The lowest BCUT2D eigenvalue weighted by molar-refractivity contribution is -0.137. The molecule has 88 valence electrons. The Bertz CT molecular complexity index is 359. The Morgan fingerprint density at radius 2 is 1.93 bits per heavy atom. The number of alkyl halides is 3. The summed E-state index contributed by atoms with van der Waals surface area (Å²) in [7, 11) is -5.60. The van der Waals surface area contributed by atoms with Gasteiger partial charge in [0.15, 0.2) is 10.0 Å². The van der Waals surface area contributed by atoms with Crippen LogP contribution in [-0.2, 0) is 19.6 Å². The third-order valence-corrected chi connectivity index (χ3v) is 2.09. The van der Waals surface area contributed by atoms with Crippen molar-refractivity contribution >= 4 is 16.0 Å². The lowest BCUT2D eigenvalue weighted by Crippen LogP contribution is -2.23. The average Bonchev–Trinajstić information content (AvgIpc) is 2.01. The average molecular weight is 246 g/mol. The van der Waals surface area contributed by atoms with Gasteiger partial charge in [0.25, 0.3) is 0 Å². The Morgan fingerprint density at radius 3 is 2.27 bits per heavy atom. The highest BCUT2D eigenvalue weighted by atomic mass is 32.2. The molecule has 0 aliphatic carbocycles. The monoisotopic (exact) mass is 246 g/mol. The fraction of sp³-hybridized carbons (Fsp3) is 0.500. The second kappa shape index (κ2) is 4.62. The molecule has 0 saturated carbocycles. The summed E-state index contributed by atoms with van der Waals surface area (Å²) in [5, 5.41) is 0. The number of esters is 1. The van der Waals surface area contributed by atoms with Gasteiger partial charge < -0.3 is 9.46 Å². The van der Waals surface area contributed by atoms with Gasteiger partial charge >= 0.3 is 11.5 Å². The molecule has 0 saturated heterocycles. The SMILES string of the molecule is C=C(C)C(=O)OC[N-]S(=O)(=O)C(F)(F)F. The van der Waals surface area contributed by atoms with Gasteiger partial charge in [0.05, 0.1) is 0 Å². The molecule has 0 radical (unpaired) electrons. The van der Waals surface area contributed by atoms with Crippen LogP contribution in [0.25, 0.3) is 4.72 Å². The van der Waals surface area contributed by atoms with Crippen molar-refractivity contribution in [2.24, 2.45) is 0 Å². The maximum Gasteiger partial charge on any atom is 0.480 e. The molecule has 0 aromatic heterocycles. The van der Waals surface area contributed by atoms with Gasteiger partial charge in [-0.05, 0) is 6.92 Å². The highest BCUT2D eigenvalue weighted by Crippen LogP contribution is 2.27. The molecule has 0 fully saturated rings. The highest BCUT2D eigenvalue weighted by Gasteiger charge is 2.38. The Kier molecular flexibility index (Phi) is 4.28. The molecular formula is C6H7F3NO4S-. The minimum Gasteiger partial charge on any atom is -0.508 e. The Hall–Kier alpha value is -1.09. The van der Waals surface area contributed by atoms with E-state index in [2.05, 4.69) is 16.0 Å². The molecule has 0 spiro atoms. The fourth-order valence-corrected chi connectivity index (χ4v) is 0.689. The quantitative estimate of drug-likeness (QED) is 0.553. The summed E-state index contributed by atoms with van der Waals surface area (Å²) >= 11 is 0. The number of nitrogens with zero attached hydrogens (tertiary/aromatic N) is 1. The van der Waals surface area contributed by atoms with E-state index < -0.39 is 28.2 Å². The Balaban J connectivity index is 4.20. The number of carbonyl (C=O) groups is 1. The zero-order valence-electron chi connectivity index (χ0n) is 7.54. The number of ether oxygens (including phenoxy) is 1. The van der Waals surface area contributed by atoms with E-state index in [-0.39, 0.29) is 5.57 Å². The number of carbonyl (C=O) groups excluding carboxylic acids is 1. The van der Waals surface area contributed by atoms with Crippen molar-refractivity contribution in [1.82, 2.24) is 0 Å². The van der Waals surface area contributed by atoms with Crippen LogP contribution < -0.4 is 0 Å². The molecule has 0 N–H and O–H groups in total. The van der Waals surface area contributed by atoms with Crippen LogP contribution in [0.5, 0.6) is 0 Å². The molecule has 9 heteroatoms. The first-order valence-corrected chi connectivity index (χ1v) is 4.84. The molecule has 0 aliphatic heterocycles. The second-order valence-electron chi connectivity index (χ2n) is 2.39. The molecule has 0 rings (SSSR count). The van der Waals surface area contributed by atoms with Gasteiger partial charge in [0.1, 0.15) is 0 Å². The van der Waals surface area contributed by atoms with E-state index in [0.29, 0.717) is 0 Å². The standard InChI is InChI=1S/C6H7F3NO4S/c1-4(2)5(11)14-3-10-15(12,13)6(7,8)9/h1,3H2,2H3/q-1. The van der Waals surface area contributed by atoms with E-state index >= 15 is 0 Å². The number of hydrogen-bond acceptors (Lipinski definition) is 4. The molecule has 15 heavy (non-hydrogen) atoms. The molecule has 0 aromatic rings. The van der Waals surface area contributed by atoms with Crippen molar-refractivity contribution in [2.75, 3.05) is 6.73 Å². The van der Waals surface area contributed by atoms with Gasteiger partial charge in [-0.15, -0.1) is 0 Å². The Morgan fingerprint density at radius 1 is 1.47 bits per heavy atom. The van der Waals surface area contributed by atoms with E-state index in [0.717, 1.165) is 0 Å². The normalized spacial score (nSPS) is 12.3. The topological polar surface area (TPSA) is 74.5 Å². The molecule has 0 aliphatic rings. The summed E-state index contributed by atoms with van der Waals surface area (Å²) in [6.45, 7) is 3.17. The van der Waals surface area contributed by atoms with Crippen LogP contribution in [0.4, 0.5) is 13.2 Å². The van der Waals surface area contributed by atoms with Gasteiger partial charge in [-0.2, -0.15) is 13.2 Å². The first kappa shape index (κ1) is 13.9. The maximum absolute atomic E-state index is 11.7. The van der Waals surface area contributed by atoms with Crippen molar-refractivity contribution in [1.29, 1.82) is 0 Å². The maximum atomic E-state index is 11.7. The molecule has 0 atom stereocenters. The summed E-state index contributed by atoms with van der Waals surface area (Å²) in [6.07, 6.45) is 0. The highest BCUT2D eigenvalue weighted by molar-refractivity contribution is 7.94. The van der Waals surface area contributed by atoms with Crippen molar-refractivity contribution in [3.05, 3.63) is 16.9 Å². The van der Waals surface area contributed by atoms with Gasteiger partial charge in [0, 0.05) is 12.3 Å². The zero-order valence-corrected chi connectivity index (χ0v) is 8.35. The van der Waals surface area contributed by atoms with Crippen LogP contribution in [0.1, 0.15) is 6.92 Å². The lowest BCUT2D eigenvalue weighted by Gasteiger charge is -2.21. The van der Waals surface area contributed by atoms with Crippen molar-refractivity contribution < 1.29 is 31.1 Å². The summed E-state index contributed by atoms with van der Waals surface area (Å²) < 4.78 is 61.9. The van der Waals surface area contributed by atoms with Gasteiger partial charge in [0.2, 0.25) is 0 Å². The molecule has 0 aromatic carbocycles. The number of sulfonamides is 1. The van der Waals surface area contributed by atoms with Gasteiger partial charge in [-0.25, -0.2) is 13.2 Å². The predicted molar refractivity (Wildman–Crippen MR) is 44.1 cm³/mol. The summed E-state index contributed by atoms with van der Waals surface area (Å²) in [5.41, 5.74) is -5.56. The van der Waals surface area contributed by atoms with E-state index in [1.807, 2.05) is 0 Å². The third kappa shape index (κ3) is 4.30. The van der Waals surface area contributed by atoms with E-state index in [1.54, 1.807) is 0 Å². The second-order valence-corrected chi connectivity index (χ2v) is 4.06. The summed E-state index contributed by atoms with van der Waals surface area (Å²) in [4.78, 5) is 10.6. The van der Waals surface area contributed by atoms with Crippen molar-refractivity contribution in [3.8, 4) is 0 Å². The van der Waals surface area contributed by atoms with Gasteiger partial charge in [-0.1, -0.05) is 6.58 Å². The van der Waals surface area contributed by atoms with E-state index in [9.17, 15) is 26.4 Å². The predicted octanol–water partition coefficient (Wildman–Crippen LogP) is 1.29. The Labute approximate surface area is 84.0 Å². The van der Waals surface area contributed by atoms with Crippen LogP contribution in [0, 0.1) is 0 Å². The lowest BCUT2D eigenvalue weighted by atomic mass is 10.4. The van der Waals surface area contributed by atoms with Crippen molar-refractivity contribution in [2.45, 2.75) is 12.4 Å². The zero-order chi connectivity index (χ0) is 12.3.